The van der Waals surface area contributed by atoms with Gasteiger partial charge in [0, 0.05) is 42.2 Å². The summed E-state index contributed by atoms with van der Waals surface area (Å²) >= 11 is 1.84. The second kappa shape index (κ2) is 14.5. The topological polar surface area (TPSA) is 38.7 Å². The Hall–Kier alpha value is -7.79. The van der Waals surface area contributed by atoms with Crippen LogP contribution in [-0.2, 0) is 0 Å². The van der Waals surface area contributed by atoms with E-state index in [0.717, 1.165) is 38.6 Å². The van der Waals surface area contributed by atoms with Crippen LogP contribution >= 0.6 is 11.3 Å². The van der Waals surface area contributed by atoms with Gasteiger partial charge in [-0.25, -0.2) is 15.0 Å². The van der Waals surface area contributed by atoms with Gasteiger partial charge in [-0.05, 0) is 78.5 Å². The molecule has 0 saturated carbocycles. The van der Waals surface area contributed by atoms with E-state index in [1.807, 2.05) is 35.6 Å². The number of hydrogen-bond donors (Lipinski definition) is 0. The smallest absolute Gasteiger partial charge is 0.164 e. The SMILES string of the molecule is c1ccc(-c2ccc(-c3ccc(-c4nc(-c5ccccc5)nc(-c5cccc6ccc7c8cc(-c9cc%10ccccc%10c%10ccccc9%10)ccc8sc7c56)n4)cc3)cc2)cc1. The highest BCUT2D eigenvalue weighted by Gasteiger charge is 2.19. The van der Waals surface area contributed by atoms with Crippen molar-refractivity contribution in [3.63, 3.8) is 0 Å². The summed E-state index contributed by atoms with van der Waals surface area (Å²) in [5.41, 5.74) is 10.1. The van der Waals surface area contributed by atoms with Gasteiger partial charge in [0.05, 0.1) is 0 Å². The van der Waals surface area contributed by atoms with Gasteiger partial charge in [-0.1, -0.05) is 194 Å². The van der Waals surface area contributed by atoms with Crippen molar-refractivity contribution in [3.8, 4) is 67.5 Å². The molecule has 0 amide bonds. The average molecular weight is 794 g/mol. The lowest BCUT2D eigenvalue weighted by atomic mass is 9.92. The van der Waals surface area contributed by atoms with Gasteiger partial charge in [0.25, 0.3) is 0 Å². The van der Waals surface area contributed by atoms with Crippen molar-refractivity contribution in [2.24, 2.45) is 0 Å². The molecule has 2 aromatic heterocycles. The standard InChI is InChI=1S/C57H35N3S/c1-3-12-36(13-4-1)37-22-24-38(25-23-37)39-26-28-42(29-27-39)56-58-55(41-14-5-2-6-15-41)59-57(60-56)49-21-11-17-40-30-32-48-51-35-44(31-33-52(51)61-54(48)53(40)49)50-34-43-16-7-8-18-45(43)46-19-9-10-20-47(46)50/h1-35H. The summed E-state index contributed by atoms with van der Waals surface area (Å²) in [6.07, 6.45) is 0. The van der Waals surface area contributed by atoms with Crippen molar-refractivity contribution in [1.29, 1.82) is 0 Å². The van der Waals surface area contributed by atoms with E-state index in [2.05, 4.69) is 188 Å². The molecule has 0 aliphatic rings. The average Bonchev–Trinajstić information content (AvgIpc) is 3.72. The largest absolute Gasteiger partial charge is 0.208 e. The first-order chi connectivity index (χ1) is 30.2. The van der Waals surface area contributed by atoms with Gasteiger partial charge in [-0.3, -0.25) is 0 Å². The number of benzene rings is 10. The molecule has 3 nitrogen and oxygen atoms in total. The molecule has 0 radical (unpaired) electrons. The first kappa shape index (κ1) is 35.2. The third kappa shape index (κ3) is 6.16. The molecule has 0 fully saturated rings. The van der Waals surface area contributed by atoms with E-state index in [9.17, 15) is 0 Å². The molecule has 12 rings (SSSR count). The molecule has 0 aliphatic heterocycles. The molecule has 0 atom stereocenters. The van der Waals surface area contributed by atoms with E-state index in [0.29, 0.717) is 17.5 Å². The molecule has 0 aliphatic carbocycles. The Balaban J connectivity index is 0.984. The van der Waals surface area contributed by atoms with E-state index in [1.54, 1.807) is 0 Å². The molecular formula is C57H35N3S. The molecule has 61 heavy (non-hydrogen) atoms. The molecule has 0 N–H and O–H groups in total. The second-order valence-corrected chi connectivity index (χ2v) is 16.6. The third-order valence-electron chi connectivity index (χ3n) is 11.9. The van der Waals surface area contributed by atoms with Crippen molar-refractivity contribution in [2.45, 2.75) is 0 Å². The van der Waals surface area contributed by atoms with E-state index in [-0.39, 0.29) is 0 Å². The molecule has 0 unspecified atom stereocenters. The Bertz CT molecular complexity index is 3610. The van der Waals surface area contributed by atoms with Gasteiger partial charge in [-0.15, -0.1) is 11.3 Å². The maximum absolute atomic E-state index is 5.25. The van der Waals surface area contributed by atoms with Crippen LogP contribution in [0.15, 0.2) is 212 Å². The molecule has 4 heteroatoms. The number of thiophene rings is 1. The van der Waals surface area contributed by atoms with Gasteiger partial charge in [-0.2, -0.15) is 0 Å². The Kier molecular flexibility index (Phi) is 8.36. The second-order valence-electron chi connectivity index (χ2n) is 15.5. The van der Waals surface area contributed by atoms with Gasteiger partial charge in [0.1, 0.15) is 0 Å². The lowest BCUT2D eigenvalue weighted by molar-refractivity contribution is 1.08. The van der Waals surface area contributed by atoms with Crippen LogP contribution in [0.5, 0.6) is 0 Å². The van der Waals surface area contributed by atoms with Crippen LogP contribution in [0.1, 0.15) is 0 Å². The zero-order chi connectivity index (χ0) is 40.3. The number of hydrogen-bond acceptors (Lipinski definition) is 4. The minimum atomic E-state index is 0.641. The molecule has 10 aromatic carbocycles. The van der Waals surface area contributed by atoms with Crippen molar-refractivity contribution in [3.05, 3.63) is 212 Å². The van der Waals surface area contributed by atoms with Crippen molar-refractivity contribution in [1.82, 2.24) is 15.0 Å². The molecule has 0 bridgehead atoms. The highest BCUT2D eigenvalue weighted by atomic mass is 32.1. The predicted octanol–water partition coefficient (Wildman–Crippen LogP) is 15.7. The first-order valence-electron chi connectivity index (χ1n) is 20.6. The zero-order valence-electron chi connectivity index (χ0n) is 33.0. The van der Waals surface area contributed by atoms with Crippen molar-refractivity contribution < 1.29 is 0 Å². The summed E-state index contributed by atoms with van der Waals surface area (Å²) in [4.78, 5) is 15.5. The fourth-order valence-corrected chi connectivity index (χ4v) is 10.1. The Morgan fingerprint density at radius 2 is 0.803 bits per heavy atom. The minimum Gasteiger partial charge on any atom is -0.208 e. The Morgan fingerprint density at radius 1 is 0.279 bits per heavy atom. The Labute approximate surface area is 356 Å². The summed E-state index contributed by atoms with van der Waals surface area (Å²) in [5, 5.41) is 9.87. The van der Waals surface area contributed by atoms with Gasteiger partial charge in [0.2, 0.25) is 0 Å². The number of aromatic nitrogens is 3. The highest BCUT2D eigenvalue weighted by Crippen LogP contribution is 2.44. The molecular weight excluding hydrogens is 759 g/mol. The monoisotopic (exact) mass is 793 g/mol. The van der Waals surface area contributed by atoms with E-state index < -0.39 is 0 Å². The molecule has 0 spiro atoms. The minimum absolute atomic E-state index is 0.641. The van der Waals surface area contributed by atoms with Crippen molar-refractivity contribution in [2.75, 3.05) is 0 Å². The maximum Gasteiger partial charge on any atom is 0.164 e. The summed E-state index contributed by atoms with van der Waals surface area (Å²) in [5.74, 6) is 1.94. The van der Waals surface area contributed by atoms with Crippen LogP contribution in [0.25, 0.3) is 120 Å². The van der Waals surface area contributed by atoms with Crippen LogP contribution in [0.4, 0.5) is 0 Å². The van der Waals surface area contributed by atoms with Gasteiger partial charge in [0.15, 0.2) is 17.5 Å². The number of nitrogens with zero attached hydrogens (tertiary/aromatic N) is 3. The van der Waals surface area contributed by atoms with Gasteiger partial charge < -0.3 is 0 Å². The normalized spacial score (nSPS) is 11.6. The number of rotatable bonds is 6. The van der Waals surface area contributed by atoms with E-state index in [4.69, 9.17) is 15.0 Å². The first-order valence-corrected chi connectivity index (χ1v) is 21.4. The Morgan fingerprint density at radius 3 is 1.51 bits per heavy atom. The third-order valence-corrected chi connectivity index (χ3v) is 13.1. The quantitative estimate of drug-likeness (QED) is 0.157. The lowest BCUT2D eigenvalue weighted by Crippen LogP contribution is -2.00. The highest BCUT2D eigenvalue weighted by molar-refractivity contribution is 7.26. The summed E-state index contributed by atoms with van der Waals surface area (Å²) < 4.78 is 2.48. The zero-order valence-corrected chi connectivity index (χ0v) is 33.8. The van der Waals surface area contributed by atoms with Crippen molar-refractivity contribution >= 4 is 63.8 Å². The van der Waals surface area contributed by atoms with Crippen LogP contribution in [0.2, 0.25) is 0 Å². The fourth-order valence-electron chi connectivity index (χ4n) is 8.89. The fraction of sp³-hybridized carbons (Fsp3) is 0. The summed E-state index contributed by atoms with van der Waals surface area (Å²) in [7, 11) is 0. The molecule has 284 valence electrons. The summed E-state index contributed by atoms with van der Waals surface area (Å²) in [6.45, 7) is 0. The predicted molar refractivity (Wildman–Crippen MR) is 258 cm³/mol. The maximum atomic E-state index is 5.25. The molecule has 12 aromatic rings. The molecule has 0 saturated heterocycles. The van der Waals surface area contributed by atoms with E-state index >= 15 is 0 Å². The van der Waals surface area contributed by atoms with Crippen LogP contribution < -0.4 is 0 Å². The van der Waals surface area contributed by atoms with Crippen LogP contribution in [0, 0.1) is 0 Å². The van der Waals surface area contributed by atoms with Crippen LogP contribution in [-0.4, -0.2) is 15.0 Å². The molecule has 2 heterocycles. The van der Waals surface area contributed by atoms with Crippen LogP contribution in [0.3, 0.4) is 0 Å². The lowest BCUT2D eigenvalue weighted by Gasteiger charge is -2.12. The van der Waals surface area contributed by atoms with Gasteiger partial charge >= 0.3 is 0 Å². The van der Waals surface area contributed by atoms with E-state index in [1.165, 1.54) is 64.0 Å². The number of fused-ring (bicyclic) bond motifs is 8. The summed E-state index contributed by atoms with van der Waals surface area (Å²) in [6, 6.07) is 75.8.